The molecule has 0 saturated carbocycles. The molecule has 9 aromatic rings. The van der Waals surface area contributed by atoms with Crippen LogP contribution in [0.1, 0.15) is 26.3 Å². The number of nitrogens with zero attached hydrogens (tertiary/aromatic N) is 3. The molecule has 1 N–H and O–H groups in total. The largest absolute Gasteiger partial charge is 0.507 e. The zero-order valence-corrected chi connectivity index (χ0v) is 32.3. The number of phenolic OH excluding ortho intramolecular Hbond substituents is 1. The minimum absolute atomic E-state index is 0. The number of fused-ring (bicyclic) bond motifs is 3. The molecule has 5 aromatic carbocycles. The first-order valence-electron chi connectivity index (χ1n) is 17.8. The zero-order chi connectivity index (χ0) is 36.1. The van der Waals surface area contributed by atoms with Crippen molar-refractivity contribution in [2.45, 2.75) is 26.2 Å². The minimum atomic E-state index is -0.0119. The van der Waals surface area contributed by atoms with Gasteiger partial charge in [0.2, 0.25) is 0 Å². The van der Waals surface area contributed by atoms with E-state index in [2.05, 4.69) is 122 Å². The minimum Gasteiger partial charge on any atom is -0.507 e. The van der Waals surface area contributed by atoms with Crippen molar-refractivity contribution in [2.75, 3.05) is 0 Å². The number of rotatable bonds is 6. The first kappa shape index (κ1) is 35.0. The van der Waals surface area contributed by atoms with E-state index < -0.39 is 0 Å². The average Bonchev–Trinajstić information content (AvgIpc) is 3.79. The van der Waals surface area contributed by atoms with Crippen LogP contribution in [0.25, 0.3) is 83.7 Å². The van der Waals surface area contributed by atoms with Gasteiger partial charge in [0.1, 0.15) is 5.75 Å². The fourth-order valence-electron chi connectivity index (χ4n) is 7.26. The number of pyridine rings is 2. The molecule has 0 aliphatic rings. The summed E-state index contributed by atoms with van der Waals surface area (Å²) < 4.78 is 8.37. The molecule has 5 nitrogen and oxygen atoms in total. The van der Waals surface area contributed by atoms with Gasteiger partial charge < -0.3 is 14.1 Å². The molecule has 0 bridgehead atoms. The van der Waals surface area contributed by atoms with E-state index in [0.717, 1.165) is 72.5 Å². The predicted octanol–water partition coefficient (Wildman–Crippen LogP) is 12.3. The SMILES string of the molecule is CC(C)(C)c1ccnc(-c2[c-]c(-c3cc(-c4ccccc4-c4cccc5c6occc6n(-c6ccccc6)c45)cc(-c4ccccc4O)n3)ccc2)c1.[Pt]. The number of furan rings is 1. The molecule has 0 aliphatic heterocycles. The van der Waals surface area contributed by atoms with Crippen molar-refractivity contribution >= 4 is 22.0 Å². The molecule has 0 fully saturated rings. The van der Waals surface area contributed by atoms with Crippen LogP contribution in [0, 0.1) is 6.07 Å². The molecular formula is C48H36N3O2Pt-. The molecule has 9 rings (SSSR count). The van der Waals surface area contributed by atoms with Crippen molar-refractivity contribution in [3.63, 3.8) is 0 Å². The van der Waals surface area contributed by atoms with Crippen molar-refractivity contribution < 1.29 is 30.6 Å². The van der Waals surface area contributed by atoms with Gasteiger partial charge in [-0.3, -0.25) is 9.97 Å². The van der Waals surface area contributed by atoms with Gasteiger partial charge in [-0.1, -0.05) is 111 Å². The summed E-state index contributed by atoms with van der Waals surface area (Å²) in [5.41, 5.74) is 14.0. The Morgan fingerprint density at radius 3 is 2.07 bits per heavy atom. The van der Waals surface area contributed by atoms with Gasteiger partial charge in [0.25, 0.3) is 0 Å². The number of para-hydroxylation sites is 3. The van der Waals surface area contributed by atoms with Crippen molar-refractivity contribution in [1.82, 2.24) is 14.5 Å². The Morgan fingerprint density at radius 1 is 0.630 bits per heavy atom. The fraction of sp³-hybridized carbons (Fsp3) is 0.0833. The van der Waals surface area contributed by atoms with E-state index in [-0.39, 0.29) is 32.2 Å². The van der Waals surface area contributed by atoms with E-state index in [0.29, 0.717) is 11.3 Å². The Morgan fingerprint density at radius 2 is 1.30 bits per heavy atom. The summed E-state index contributed by atoms with van der Waals surface area (Å²) in [5.74, 6) is 0.172. The number of aromatic nitrogens is 3. The molecule has 0 spiro atoms. The topological polar surface area (TPSA) is 64.1 Å². The van der Waals surface area contributed by atoms with E-state index in [4.69, 9.17) is 14.4 Å². The van der Waals surface area contributed by atoms with Crippen LogP contribution in [-0.4, -0.2) is 19.6 Å². The van der Waals surface area contributed by atoms with Crippen LogP contribution in [0.5, 0.6) is 5.75 Å². The summed E-state index contributed by atoms with van der Waals surface area (Å²) in [6.07, 6.45) is 3.63. The third kappa shape index (κ3) is 6.25. The van der Waals surface area contributed by atoms with Gasteiger partial charge in [0.15, 0.2) is 5.58 Å². The number of hydrogen-bond acceptors (Lipinski definition) is 4. The maximum absolute atomic E-state index is 11.0. The molecule has 0 radical (unpaired) electrons. The van der Waals surface area contributed by atoms with E-state index in [1.165, 1.54) is 5.56 Å². The second kappa shape index (κ2) is 14.1. The normalized spacial score (nSPS) is 11.5. The van der Waals surface area contributed by atoms with Crippen LogP contribution in [0.3, 0.4) is 0 Å². The average molecular weight is 882 g/mol. The molecule has 0 saturated heterocycles. The third-order valence-electron chi connectivity index (χ3n) is 9.91. The Kier molecular flexibility index (Phi) is 9.13. The molecule has 266 valence electrons. The molecule has 0 unspecified atom stereocenters. The number of aromatic hydroxyl groups is 1. The van der Waals surface area contributed by atoms with Crippen molar-refractivity contribution in [3.05, 3.63) is 170 Å². The number of phenols is 1. The van der Waals surface area contributed by atoms with Crippen molar-refractivity contribution in [2.24, 2.45) is 0 Å². The first-order chi connectivity index (χ1) is 25.8. The Balaban J connectivity index is 0.00000413. The monoisotopic (exact) mass is 881 g/mol. The van der Waals surface area contributed by atoms with Crippen LogP contribution in [0.15, 0.2) is 162 Å². The molecular weight excluding hydrogens is 846 g/mol. The summed E-state index contributed by atoms with van der Waals surface area (Å²) in [5, 5.41) is 12.1. The molecule has 0 aliphatic carbocycles. The quantitative estimate of drug-likeness (QED) is 0.169. The Bertz CT molecular complexity index is 2790. The van der Waals surface area contributed by atoms with Crippen LogP contribution in [-0.2, 0) is 26.5 Å². The smallest absolute Gasteiger partial charge is 0.159 e. The summed E-state index contributed by atoms with van der Waals surface area (Å²) in [6, 6.07) is 52.8. The van der Waals surface area contributed by atoms with Crippen LogP contribution < -0.4 is 0 Å². The van der Waals surface area contributed by atoms with E-state index in [1.807, 2.05) is 54.7 Å². The summed E-state index contributed by atoms with van der Waals surface area (Å²) in [6.45, 7) is 6.62. The van der Waals surface area contributed by atoms with E-state index in [9.17, 15) is 5.11 Å². The van der Waals surface area contributed by atoms with E-state index in [1.54, 1.807) is 12.3 Å². The van der Waals surface area contributed by atoms with Crippen molar-refractivity contribution in [1.29, 1.82) is 0 Å². The zero-order valence-electron chi connectivity index (χ0n) is 30.0. The standard InChI is InChI=1S/C48H36N3O2.Pt/c1-48(2,3)34-23-25-49-41(30-34)31-13-11-14-32(27-31)42-28-33(29-43(50-42)39-19-9-10-22-45(39)52)36-17-7-8-18-37(36)38-20-12-21-40-46(38)51(35-15-5-4-6-16-35)44-24-26-53-47(40)44;/h4-26,28-30,52H,1-3H3;/q-1;. The van der Waals surface area contributed by atoms with Crippen LogP contribution >= 0.6 is 0 Å². The summed E-state index contributed by atoms with van der Waals surface area (Å²) in [4.78, 5) is 9.87. The van der Waals surface area contributed by atoms with Crippen LogP contribution in [0.4, 0.5) is 0 Å². The van der Waals surface area contributed by atoms with Gasteiger partial charge in [0, 0.05) is 66.9 Å². The predicted molar refractivity (Wildman–Crippen MR) is 215 cm³/mol. The molecule has 6 heteroatoms. The second-order valence-corrected chi connectivity index (χ2v) is 14.4. The van der Waals surface area contributed by atoms with Gasteiger partial charge >= 0.3 is 0 Å². The maximum atomic E-state index is 11.0. The summed E-state index contributed by atoms with van der Waals surface area (Å²) in [7, 11) is 0. The molecule has 4 aromatic heterocycles. The molecule has 54 heavy (non-hydrogen) atoms. The molecule has 4 heterocycles. The summed E-state index contributed by atoms with van der Waals surface area (Å²) >= 11 is 0. The van der Waals surface area contributed by atoms with Crippen LogP contribution in [0.2, 0.25) is 0 Å². The van der Waals surface area contributed by atoms with Gasteiger partial charge in [-0.2, -0.15) is 0 Å². The van der Waals surface area contributed by atoms with Gasteiger partial charge in [-0.15, -0.1) is 24.3 Å². The number of benzene rings is 5. The fourth-order valence-corrected chi connectivity index (χ4v) is 7.26. The van der Waals surface area contributed by atoms with Gasteiger partial charge in [-0.25, -0.2) is 0 Å². The van der Waals surface area contributed by atoms with Crippen molar-refractivity contribution in [3.8, 4) is 67.5 Å². The second-order valence-electron chi connectivity index (χ2n) is 14.4. The maximum Gasteiger partial charge on any atom is 0.159 e. The van der Waals surface area contributed by atoms with Gasteiger partial charge in [-0.05, 0) is 70.1 Å². The number of hydrogen-bond donors (Lipinski definition) is 1. The first-order valence-corrected chi connectivity index (χ1v) is 17.8. The Labute approximate surface area is 328 Å². The third-order valence-corrected chi connectivity index (χ3v) is 9.91. The van der Waals surface area contributed by atoms with E-state index >= 15 is 0 Å². The Hall–Kier alpha value is -6.03. The molecule has 0 amide bonds. The van der Waals surface area contributed by atoms with Gasteiger partial charge in [0.05, 0.1) is 23.0 Å². The molecule has 0 atom stereocenters.